The van der Waals surface area contributed by atoms with Crippen molar-refractivity contribution in [1.82, 2.24) is 0 Å². The van der Waals surface area contributed by atoms with Gasteiger partial charge in [0.25, 0.3) is 0 Å². The fraction of sp³-hybridized carbons (Fsp3) is 0.529. The number of hydrogen-bond donors (Lipinski definition) is 0. The molecule has 0 aromatic carbocycles. The first kappa shape index (κ1) is 16.7. The van der Waals surface area contributed by atoms with Gasteiger partial charge in [-0.15, -0.1) is 5.73 Å². The van der Waals surface area contributed by atoms with Crippen LogP contribution in [0.25, 0.3) is 0 Å². The normalized spacial score (nSPS) is 11.7. The summed E-state index contributed by atoms with van der Waals surface area (Å²) in [5.74, 6) is -0.264. The Labute approximate surface area is 126 Å². The zero-order valence-electron chi connectivity index (χ0n) is 12.5. The maximum Gasteiger partial charge on any atom is 0.303 e. The van der Waals surface area contributed by atoms with E-state index in [9.17, 15) is 4.79 Å². The summed E-state index contributed by atoms with van der Waals surface area (Å²) in [5, 5.41) is 4.01. The third-order valence-electron chi connectivity index (χ3n) is 3.22. The van der Waals surface area contributed by atoms with E-state index in [0.717, 1.165) is 24.0 Å². The first-order valence-corrected chi connectivity index (χ1v) is 8.21. The molecule has 2 nitrogen and oxygen atoms in total. The molecular formula is C17H24O2S. The van der Waals surface area contributed by atoms with E-state index >= 15 is 0 Å². The molecule has 1 aromatic heterocycles. The van der Waals surface area contributed by atoms with Gasteiger partial charge in [0.05, 0.1) is 0 Å². The third-order valence-corrected chi connectivity index (χ3v) is 3.92. The van der Waals surface area contributed by atoms with Gasteiger partial charge in [0.15, 0.2) is 6.10 Å². The zero-order valence-corrected chi connectivity index (χ0v) is 13.3. The Morgan fingerprint density at radius 2 is 2.15 bits per heavy atom. The largest absolute Gasteiger partial charge is 0.452 e. The summed E-state index contributed by atoms with van der Waals surface area (Å²) < 4.78 is 5.45. The lowest BCUT2D eigenvalue weighted by atomic mass is 9.98. The first-order valence-electron chi connectivity index (χ1n) is 7.27. The van der Waals surface area contributed by atoms with Crippen LogP contribution < -0.4 is 0 Å². The second-order valence-corrected chi connectivity index (χ2v) is 5.69. The number of unbranched alkanes of at least 4 members (excludes halogenated alkanes) is 4. The van der Waals surface area contributed by atoms with Crippen LogP contribution >= 0.6 is 11.3 Å². The van der Waals surface area contributed by atoms with Crippen molar-refractivity contribution < 1.29 is 9.53 Å². The van der Waals surface area contributed by atoms with Gasteiger partial charge in [-0.05, 0) is 29.7 Å². The van der Waals surface area contributed by atoms with Gasteiger partial charge in [-0.25, -0.2) is 0 Å². The summed E-state index contributed by atoms with van der Waals surface area (Å²) in [6.07, 6.45) is 6.66. The van der Waals surface area contributed by atoms with Crippen molar-refractivity contribution in [1.29, 1.82) is 0 Å². The van der Waals surface area contributed by atoms with Crippen molar-refractivity contribution in [3.63, 3.8) is 0 Å². The van der Waals surface area contributed by atoms with Gasteiger partial charge in [-0.2, -0.15) is 11.3 Å². The molecule has 0 N–H and O–H groups in total. The SMILES string of the molecule is C=C=C(CCCCCCC)C(OC(C)=O)c1ccsc1. The average molecular weight is 292 g/mol. The van der Waals surface area contributed by atoms with Gasteiger partial charge < -0.3 is 4.74 Å². The lowest BCUT2D eigenvalue weighted by molar-refractivity contribution is -0.145. The minimum absolute atomic E-state index is 0.264. The second kappa shape index (κ2) is 9.57. The summed E-state index contributed by atoms with van der Waals surface area (Å²) >= 11 is 1.61. The quantitative estimate of drug-likeness (QED) is 0.345. The second-order valence-electron chi connectivity index (χ2n) is 4.91. The lowest BCUT2D eigenvalue weighted by Crippen LogP contribution is -2.10. The number of rotatable bonds is 9. The molecule has 3 heteroatoms. The van der Waals surface area contributed by atoms with E-state index < -0.39 is 0 Å². The smallest absolute Gasteiger partial charge is 0.303 e. The number of carbonyl (C=O) groups excluding carboxylic acids is 1. The maximum absolute atomic E-state index is 11.3. The van der Waals surface area contributed by atoms with Crippen LogP contribution in [0.3, 0.4) is 0 Å². The van der Waals surface area contributed by atoms with Crippen molar-refractivity contribution in [2.24, 2.45) is 0 Å². The fourth-order valence-corrected chi connectivity index (χ4v) is 2.84. The number of ether oxygens (including phenoxy) is 1. The predicted molar refractivity (Wildman–Crippen MR) is 84.9 cm³/mol. The van der Waals surface area contributed by atoms with Crippen LogP contribution in [-0.2, 0) is 9.53 Å². The zero-order chi connectivity index (χ0) is 14.8. The highest BCUT2D eigenvalue weighted by molar-refractivity contribution is 7.08. The maximum atomic E-state index is 11.3. The predicted octanol–water partition coefficient (Wildman–Crippen LogP) is 5.42. The summed E-state index contributed by atoms with van der Waals surface area (Å²) in [6.45, 7) is 7.42. The Kier molecular flexibility index (Phi) is 8.01. The molecule has 1 rings (SSSR count). The van der Waals surface area contributed by atoms with Gasteiger partial charge in [0.1, 0.15) is 0 Å². The summed E-state index contributed by atoms with van der Waals surface area (Å²) in [5.41, 5.74) is 4.98. The van der Waals surface area contributed by atoms with Crippen molar-refractivity contribution in [3.8, 4) is 0 Å². The Hall–Kier alpha value is -1.31. The molecule has 0 aliphatic carbocycles. The molecule has 1 atom stereocenters. The Bertz CT molecular complexity index is 442. The number of carbonyl (C=O) groups is 1. The Balaban J connectivity index is 2.63. The van der Waals surface area contributed by atoms with E-state index in [1.807, 2.05) is 16.8 Å². The number of esters is 1. The van der Waals surface area contributed by atoms with E-state index in [0.29, 0.717) is 0 Å². The molecule has 1 unspecified atom stereocenters. The van der Waals surface area contributed by atoms with Gasteiger partial charge in [0, 0.05) is 18.1 Å². The minimum atomic E-state index is -0.317. The number of hydrogen-bond acceptors (Lipinski definition) is 3. The molecule has 0 fully saturated rings. The minimum Gasteiger partial charge on any atom is -0.452 e. The van der Waals surface area contributed by atoms with E-state index in [-0.39, 0.29) is 12.1 Å². The molecule has 0 spiro atoms. The van der Waals surface area contributed by atoms with Crippen molar-refractivity contribution in [2.75, 3.05) is 0 Å². The molecule has 20 heavy (non-hydrogen) atoms. The van der Waals surface area contributed by atoms with Gasteiger partial charge in [-0.3, -0.25) is 4.79 Å². The molecule has 0 radical (unpaired) electrons. The molecule has 1 heterocycles. The summed E-state index contributed by atoms with van der Waals surface area (Å²) in [4.78, 5) is 11.3. The molecule has 0 aliphatic heterocycles. The van der Waals surface area contributed by atoms with Gasteiger partial charge in [-0.1, -0.05) is 39.2 Å². The molecule has 0 amide bonds. The molecular weight excluding hydrogens is 268 g/mol. The molecule has 0 aliphatic rings. The molecule has 110 valence electrons. The first-order chi connectivity index (χ1) is 9.69. The van der Waals surface area contributed by atoms with Crippen LogP contribution in [-0.4, -0.2) is 5.97 Å². The summed E-state index contributed by atoms with van der Waals surface area (Å²) in [7, 11) is 0. The highest BCUT2D eigenvalue weighted by Gasteiger charge is 2.19. The molecule has 0 bridgehead atoms. The highest BCUT2D eigenvalue weighted by Crippen LogP contribution is 2.30. The van der Waals surface area contributed by atoms with E-state index in [4.69, 9.17) is 4.74 Å². The van der Waals surface area contributed by atoms with Crippen LogP contribution in [0, 0.1) is 0 Å². The molecule has 0 saturated heterocycles. The summed E-state index contributed by atoms with van der Waals surface area (Å²) in [6, 6.07) is 1.99. The monoisotopic (exact) mass is 292 g/mol. The van der Waals surface area contributed by atoms with Crippen LogP contribution in [0.1, 0.15) is 64.0 Å². The van der Waals surface area contributed by atoms with Crippen molar-refractivity contribution in [3.05, 3.63) is 40.3 Å². The number of thiophene rings is 1. The van der Waals surface area contributed by atoms with Crippen LogP contribution in [0.15, 0.2) is 34.7 Å². The van der Waals surface area contributed by atoms with Gasteiger partial charge >= 0.3 is 5.97 Å². The van der Waals surface area contributed by atoms with E-state index in [2.05, 4.69) is 19.2 Å². The molecule has 1 aromatic rings. The Morgan fingerprint density at radius 1 is 1.40 bits per heavy atom. The van der Waals surface area contributed by atoms with Gasteiger partial charge in [0.2, 0.25) is 0 Å². The van der Waals surface area contributed by atoms with Crippen molar-refractivity contribution in [2.45, 2.75) is 58.5 Å². The third kappa shape index (κ3) is 5.77. The van der Waals surface area contributed by atoms with Crippen LogP contribution in [0.2, 0.25) is 0 Å². The lowest BCUT2D eigenvalue weighted by Gasteiger charge is -2.18. The fourth-order valence-electron chi connectivity index (χ4n) is 2.16. The van der Waals surface area contributed by atoms with Crippen LogP contribution in [0.5, 0.6) is 0 Å². The topological polar surface area (TPSA) is 26.3 Å². The molecule has 0 saturated carbocycles. The Morgan fingerprint density at radius 3 is 2.70 bits per heavy atom. The van der Waals surface area contributed by atoms with Crippen LogP contribution in [0.4, 0.5) is 0 Å². The van der Waals surface area contributed by atoms with E-state index in [1.54, 1.807) is 11.3 Å². The average Bonchev–Trinajstić information content (AvgIpc) is 2.94. The standard InChI is InChI=1S/C17H24O2S/c1-4-6-7-8-9-10-15(5-2)17(19-14(3)18)16-11-12-20-13-16/h11-13,17H,2,4,6-10H2,1,3H3. The highest BCUT2D eigenvalue weighted by atomic mass is 32.1. The van der Waals surface area contributed by atoms with E-state index in [1.165, 1.54) is 32.6 Å². The van der Waals surface area contributed by atoms with Crippen molar-refractivity contribution >= 4 is 17.3 Å².